The second kappa shape index (κ2) is 5.35. The molecule has 23 heavy (non-hydrogen) atoms. The summed E-state index contributed by atoms with van der Waals surface area (Å²) in [6, 6.07) is 17.2. The van der Waals surface area contributed by atoms with Crippen LogP contribution in [-0.4, -0.2) is 9.91 Å². The van der Waals surface area contributed by atoms with Crippen molar-refractivity contribution >= 4 is 22.4 Å². The largest absolute Gasteiger partial charge is 0.363 e. The van der Waals surface area contributed by atoms with E-state index >= 15 is 0 Å². The van der Waals surface area contributed by atoms with Crippen LogP contribution < -0.4 is 5.32 Å². The summed E-state index contributed by atoms with van der Waals surface area (Å²) in [5.74, 6) is 0.799. The summed E-state index contributed by atoms with van der Waals surface area (Å²) in [5.41, 5.74) is 3.57. The van der Waals surface area contributed by atoms with E-state index in [-0.39, 0.29) is 16.7 Å². The van der Waals surface area contributed by atoms with Gasteiger partial charge >= 0.3 is 0 Å². The van der Waals surface area contributed by atoms with Crippen LogP contribution in [-0.2, 0) is 6.42 Å². The standard InChI is InChI=1S/C18H15N3O2/c22-21(23)14-7-9-16-13(11-14)6-10-18(19-16)20-17-8-5-12-3-1-2-4-15(12)17/h1-4,6-7,9-11,17H,5,8H2,(H,19,20)/t17-/m1/s1. The fourth-order valence-corrected chi connectivity index (χ4v) is 3.19. The first-order valence-corrected chi connectivity index (χ1v) is 7.60. The number of hydrogen-bond acceptors (Lipinski definition) is 4. The van der Waals surface area contributed by atoms with Gasteiger partial charge in [-0.05, 0) is 42.2 Å². The molecule has 0 spiro atoms. The van der Waals surface area contributed by atoms with E-state index in [1.807, 2.05) is 12.1 Å². The minimum absolute atomic E-state index is 0.0877. The van der Waals surface area contributed by atoms with E-state index < -0.39 is 0 Å². The maximum Gasteiger partial charge on any atom is 0.270 e. The maximum absolute atomic E-state index is 10.8. The molecule has 1 aromatic heterocycles. The molecule has 1 aliphatic carbocycles. The number of fused-ring (bicyclic) bond motifs is 2. The van der Waals surface area contributed by atoms with Gasteiger partial charge in [-0.15, -0.1) is 0 Å². The first-order valence-electron chi connectivity index (χ1n) is 7.60. The summed E-state index contributed by atoms with van der Waals surface area (Å²) in [4.78, 5) is 15.0. The lowest BCUT2D eigenvalue weighted by molar-refractivity contribution is -0.384. The smallest absolute Gasteiger partial charge is 0.270 e. The first-order chi connectivity index (χ1) is 11.2. The molecule has 114 valence electrons. The molecule has 2 aromatic carbocycles. The lowest BCUT2D eigenvalue weighted by atomic mass is 10.1. The highest BCUT2D eigenvalue weighted by Gasteiger charge is 2.21. The van der Waals surface area contributed by atoms with E-state index in [0.29, 0.717) is 0 Å². The fourth-order valence-electron chi connectivity index (χ4n) is 3.19. The zero-order chi connectivity index (χ0) is 15.8. The summed E-state index contributed by atoms with van der Waals surface area (Å²) >= 11 is 0. The number of nitro groups is 1. The molecule has 0 saturated carbocycles. The zero-order valence-corrected chi connectivity index (χ0v) is 12.4. The second-order valence-corrected chi connectivity index (χ2v) is 5.77. The van der Waals surface area contributed by atoms with Crippen LogP contribution in [0.5, 0.6) is 0 Å². The van der Waals surface area contributed by atoms with E-state index in [1.54, 1.807) is 12.1 Å². The molecule has 5 heteroatoms. The quantitative estimate of drug-likeness (QED) is 0.580. The minimum atomic E-state index is -0.388. The number of nitrogens with zero attached hydrogens (tertiary/aromatic N) is 2. The number of aryl methyl sites for hydroxylation is 1. The highest BCUT2D eigenvalue weighted by Crippen LogP contribution is 2.33. The highest BCUT2D eigenvalue weighted by molar-refractivity contribution is 5.82. The minimum Gasteiger partial charge on any atom is -0.363 e. The van der Waals surface area contributed by atoms with Crippen molar-refractivity contribution in [1.82, 2.24) is 4.98 Å². The van der Waals surface area contributed by atoms with Crippen LogP contribution in [0.1, 0.15) is 23.6 Å². The van der Waals surface area contributed by atoms with Gasteiger partial charge in [0.05, 0.1) is 16.5 Å². The Hall–Kier alpha value is -2.95. The van der Waals surface area contributed by atoms with Crippen LogP contribution in [0.25, 0.3) is 10.9 Å². The fraction of sp³-hybridized carbons (Fsp3) is 0.167. The molecule has 0 aliphatic heterocycles. The lowest BCUT2D eigenvalue weighted by Crippen LogP contribution is -2.08. The second-order valence-electron chi connectivity index (χ2n) is 5.77. The summed E-state index contributed by atoms with van der Waals surface area (Å²) in [7, 11) is 0. The first kappa shape index (κ1) is 13.7. The average molecular weight is 305 g/mol. The molecule has 0 unspecified atom stereocenters. The Bertz CT molecular complexity index is 908. The van der Waals surface area contributed by atoms with Gasteiger partial charge in [0.2, 0.25) is 0 Å². The van der Waals surface area contributed by atoms with Crippen LogP contribution in [0, 0.1) is 10.1 Å². The van der Waals surface area contributed by atoms with Gasteiger partial charge in [0.1, 0.15) is 5.82 Å². The van der Waals surface area contributed by atoms with Crippen molar-refractivity contribution in [2.75, 3.05) is 5.32 Å². The van der Waals surface area contributed by atoms with Crippen LogP contribution in [0.15, 0.2) is 54.6 Å². The Morgan fingerprint density at radius 3 is 2.87 bits per heavy atom. The molecule has 1 atom stereocenters. The molecular weight excluding hydrogens is 290 g/mol. The Morgan fingerprint density at radius 2 is 2.00 bits per heavy atom. The van der Waals surface area contributed by atoms with Crippen LogP contribution in [0.3, 0.4) is 0 Å². The predicted octanol–water partition coefficient (Wildman–Crippen LogP) is 4.24. The zero-order valence-electron chi connectivity index (χ0n) is 12.4. The number of hydrogen-bond donors (Lipinski definition) is 1. The third-order valence-electron chi connectivity index (χ3n) is 4.34. The van der Waals surface area contributed by atoms with Gasteiger partial charge in [-0.1, -0.05) is 24.3 Å². The molecular formula is C18H15N3O2. The average Bonchev–Trinajstić information content (AvgIpc) is 2.97. The monoisotopic (exact) mass is 305 g/mol. The molecule has 4 rings (SSSR count). The summed E-state index contributed by atoms with van der Waals surface area (Å²) in [5, 5.41) is 15.1. The van der Waals surface area contributed by atoms with E-state index in [1.165, 1.54) is 17.2 Å². The van der Waals surface area contributed by atoms with Gasteiger partial charge in [0.15, 0.2) is 0 Å². The van der Waals surface area contributed by atoms with Crippen molar-refractivity contribution in [3.63, 3.8) is 0 Å². The molecule has 3 aromatic rings. The normalized spacial score (nSPS) is 16.3. The number of nitro benzene ring substituents is 1. The number of rotatable bonds is 3. The van der Waals surface area contributed by atoms with E-state index in [9.17, 15) is 10.1 Å². The van der Waals surface area contributed by atoms with Gasteiger partial charge in [0, 0.05) is 17.5 Å². The number of anilines is 1. The van der Waals surface area contributed by atoms with Crippen molar-refractivity contribution in [3.05, 3.63) is 75.8 Å². The van der Waals surface area contributed by atoms with E-state index in [2.05, 4.69) is 34.6 Å². The molecule has 5 nitrogen and oxygen atoms in total. The molecule has 0 fully saturated rings. The van der Waals surface area contributed by atoms with Gasteiger partial charge in [-0.3, -0.25) is 10.1 Å². The van der Waals surface area contributed by atoms with Crippen molar-refractivity contribution in [1.29, 1.82) is 0 Å². The molecule has 1 aliphatic rings. The van der Waals surface area contributed by atoms with Crippen molar-refractivity contribution in [3.8, 4) is 0 Å². The van der Waals surface area contributed by atoms with Crippen molar-refractivity contribution in [2.24, 2.45) is 0 Å². The number of pyridine rings is 1. The molecule has 1 N–H and O–H groups in total. The van der Waals surface area contributed by atoms with Gasteiger partial charge in [0.25, 0.3) is 5.69 Å². The number of benzene rings is 2. The maximum atomic E-state index is 10.8. The number of non-ortho nitro benzene ring substituents is 1. The van der Waals surface area contributed by atoms with Gasteiger partial charge in [-0.25, -0.2) is 4.98 Å². The van der Waals surface area contributed by atoms with E-state index in [4.69, 9.17) is 0 Å². The van der Waals surface area contributed by atoms with Gasteiger partial charge < -0.3 is 5.32 Å². The SMILES string of the molecule is O=[N+]([O-])c1ccc2nc(N[C@@H]3CCc4ccccc43)ccc2c1. The number of aromatic nitrogens is 1. The highest BCUT2D eigenvalue weighted by atomic mass is 16.6. The lowest BCUT2D eigenvalue weighted by Gasteiger charge is -2.15. The molecule has 0 amide bonds. The Labute approximate surface area is 133 Å². The Morgan fingerprint density at radius 1 is 1.13 bits per heavy atom. The molecule has 1 heterocycles. The third-order valence-corrected chi connectivity index (χ3v) is 4.34. The summed E-state index contributed by atoms with van der Waals surface area (Å²) in [6.07, 6.45) is 2.13. The molecule has 0 bridgehead atoms. The number of nitrogens with one attached hydrogen (secondary N) is 1. The van der Waals surface area contributed by atoms with Crippen molar-refractivity contribution < 1.29 is 4.92 Å². The molecule has 0 saturated heterocycles. The Balaban J connectivity index is 1.63. The topological polar surface area (TPSA) is 68.1 Å². The van der Waals surface area contributed by atoms with E-state index in [0.717, 1.165) is 29.6 Å². The van der Waals surface area contributed by atoms with Crippen LogP contribution in [0.4, 0.5) is 11.5 Å². The third kappa shape index (κ3) is 2.50. The summed E-state index contributed by atoms with van der Waals surface area (Å²) < 4.78 is 0. The molecule has 0 radical (unpaired) electrons. The summed E-state index contributed by atoms with van der Waals surface area (Å²) in [6.45, 7) is 0. The predicted molar refractivity (Wildman–Crippen MR) is 89.5 cm³/mol. The Kier molecular flexibility index (Phi) is 3.19. The van der Waals surface area contributed by atoms with Gasteiger partial charge in [-0.2, -0.15) is 0 Å². The van der Waals surface area contributed by atoms with Crippen molar-refractivity contribution in [2.45, 2.75) is 18.9 Å². The van der Waals surface area contributed by atoms with Crippen LogP contribution in [0.2, 0.25) is 0 Å². The van der Waals surface area contributed by atoms with Crippen LogP contribution >= 0.6 is 0 Å².